The van der Waals surface area contributed by atoms with Crippen molar-refractivity contribution >= 4 is 23.1 Å². The first-order valence-corrected chi connectivity index (χ1v) is 7.18. The standard InChI is InChI=1S/C15H20ClN5/c1-4-11-14(16)13(21(3)19-11)9-20(2)12-8-6-5-7-10(12)15(17)18/h5-8H,4,9H2,1-3H3,(H3,17,18). The number of hydrogen-bond donors (Lipinski definition) is 2. The van der Waals surface area contributed by atoms with Gasteiger partial charge in [-0.2, -0.15) is 5.10 Å². The van der Waals surface area contributed by atoms with E-state index in [2.05, 4.69) is 5.10 Å². The minimum absolute atomic E-state index is 0.0581. The van der Waals surface area contributed by atoms with Gasteiger partial charge in [0.1, 0.15) is 5.84 Å². The molecular formula is C15H20ClN5. The number of aryl methyl sites for hydroxylation is 2. The molecule has 0 bridgehead atoms. The molecule has 1 aromatic heterocycles. The number of benzene rings is 1. The van der Waals surface area contributed by atoms with E-state index in [9.17, 15) is 0 Å². The zero-order chi connectivity index (χ0) is 15.6. The molecule has 0 saturated heterocycles. The summed E-state index contributed by atoms with van der Waals surface area (Å²) in [4.78, 5) is 2.03. The maximum Gasteiger partial charge on any atom is 0.124 e. The van der Waals surface area contributed by atoms with Gasteiger partial charge in [-0.1, -0.05) is 30.7 Å². The highest BCUT2D eigenvalue weighted by Gasteiger charge is 2.16. The molecule has 0 radical (unpaired) electrons. The number of hydrogen-bond acceptors (Lipinski definition) is 3. The van der Waals surface area contributed by atoms with Gasteiger partial charge >= 0.3 is 0 Å². The lowest BCUT2D eigenvalue weighted by Gasteiger charge is -2.22. The first-order chi connectivity index (χ1) is 9.95. The maximum absolute atomic E-state index is 7.68. The van der Waals surface area contributed by atoms with Crippen LogP contribution < -0.4 is 10.6 Å². The highest BCUT2D eigenvalue weighted by molar-refractivity contribution is 6.31. The molecule has 0 aliphatic rings. The highest BCUT2D eigenvalue weighted by Crippen LogP contribution is 2.25. The molecule has 0 saturated carbocycles. The first-order valence-electron chi connectivity index (χ1n) is 6.80. The van der Waals surface area contributed by atoms with Gasteiger partial charge in [-0.3, -0.25) is 10.1 Å². The second-order valence-corrected chi connectivity index (χ2v) is 5.35. The number of rotatable bonds is 5. The van der Waals surface area contributed by atoms with Crippen molar-refractivity contribution in [3.63, 3.8) is 0 Å². The molecule has 1 aromatic carbocycles. The average molecular weight is 306 g/mol. The Balaban J connectivity index is 2.33. The fourth-order valence-electron chi connectivity index (χ4n) is 2.34. The van der Waals surface area contributed by atoms with Gasteiger partial charge < -0.3 is 10.6 Å². The van der Waals surface area contributed by atoms with Crippen LogP contribution in [0.1, 0.15) is 23.9 Å². The summed E-state index contributed by atoms with van der Waals surface area (Å²) >= 11 is 6.39. The molecule has 6 heteroatoms. The number of nitrogen functional groups attached to an aromatic ring is 1. The van der Waals surface area contributed by atoms with Gasteiger partial charge in [0.25, 0.3) is 0 Å². The fourth-order valence-corrected chi connectivity index (χ4v) is 2.69. The molecule has 0 fully saturated rings. The number of nitrogens with two attached hydrogens (primary N) is 1. The molecule has 0 spiro atoms. The largest absolute Gasteiger partial charge is 0.384 e. The molecule has 2 rings (SSSR count). The average Bonchev–Trinajstić information content (AvgIpc) is 2.74. The van der Waals surface area contributed by atoms with E-state index in [4.69, 9.17) is 22.7 Å². The van der Waals surface area contributed by atoms with Crippen molar-refractivity contribution in [2.24, 2.45) is 12.8 Å². The summed E-state index contributed by atoms with van der Waals surface area (Å²) in [5.74, 6) is 0.0581. The SMILES string of the molecule is CCc1nn(C)c(CN(C)c2ccccc2C(=N)N)c1Cl. The van der Waals surface area contributed by atoms with Gasteiger partial charge in [0.2, 0.25) is 0 Å². The van der Waals surface area contributed by atoms with Gasteiger partial charge in [0.15, 0.2) is 0 Å². The Labute approximate surface area is 129 Å². The topological polar surface area (TPSA) is 70.9 Å². The Morgan fingerprint density at radius 2 is 2.10 bits per heavy atom. The van der Waals surface area contributed by atoms with Crippen LogP contribution in [0.5, 0.6) is 0 Å². The van der Waals surface area contributed by atoms with E-state index in [0.717, 1.165) is 23.5 Å². The van der Waals surface area contributed by atoms with E-state index < -0.39 is 0 Å². The number of para-hydroxylation sites is 1. The van der Waals surface area contributed by atoms with Crippen LogP contribution in [-0.2, 0) is 20.0 Å². The Kier molecular flexibility index (Phi) is 4.53. The lowest BCUT2D eigenvalue weighted by molar-refractivity contribution is 0.689. The van der Waals surface area contributed by atoms with E-state index in [1.807, 2.05) is 54.9 Å². The second-order valence-electron chi connectivity index (χ2n) is 4.97. The monoisotopic (exact) mass is 305 g/mol. The number of amidine groups is 1. The minimum atomic E-state index is 0.0581. The molecule has 3 N–H and O–H groups in total. The summed E-state index contributed by atoms with van der Waals surface area (Å²) in [5, 5.41) is 12.8. The van der Waals surface area contributed by atoms with E-state index in [-0.39, 0.29) is 5.84 Å². The van der Waals surface area contributed by atoms with Gasteiger partial charge in [-0.05, 0) is 18.6 Å². The zero-order valence-electron chi connectivity index (χ0n) is 12.5. The predicted molar refractivity (Wildman–Crippen MR) is 87.2 cm³/mol. The van der Waals surface area contributed by atoms with Crippen LogP contribution in [0, 0.1) is 5.41 Å². The maximum atomic E-state index is 7.68. The Bertz CT molecular complexity index is 662. The normalized spacial score (nSPS) is 10.7. The van der Waals surface area contributed by atoms with E-state index in [1.165, 1.54) is 0 Å². The van der Waals surface area contributed by atoms with Crippen molar-refractivity contribution < 1.29 is 0 Å². The fraction of sp³-hybridized carbons (Fsp3) is 0.333. The lowest BCUT2D eigenvalue weighted by atomic mass is 10.1. The number of nitrogens with one attached hydrogen (secondary N) is 1. The summed E-state index contributed by atoms with van der Waals surface area (Å²) in [6, 6.07) is 7.60. The molecule has 0 amide bonds. The molecule has 0 unspecified atom stereocenters. The van der Waals surface area contributed by atoms with Crippen LogP contribution in [0.3, 0.4) is 0 Å². The van der Waals surface area contributed by atoms with E-state index in [0.29, 0.717) is 17.1 Å². The van der Waals surface area contributed by atoms with Crippen molar-refractivity contribution in [1.82, 2.24) is 9.78 Å². The third-order valence-electron chi connectivity index (χ3n) is 3.50. The Morgan fingerprint density at radius 1 is 1.43 bits per heavy atom. The number of halogens is 1. The second kappa shape index (κ2) is 6.18. The third kappa shape index (κ3) is 3.03. The van der Waals surface area contributed by atoms with Gasteiger partial charge in [-0.15, -0.1) is 0 Å². The van der Waals surface area contributed by atoms with E-state index in [1.54, 1.807) is 0 Å². The predicted octanol–water partition coefficient (Wildman–Crippen LogP) is 2.56. The van der Waals surface area contributed by atoms with Crippen LogP contribution in [0.25, 0.3) is 0 Å². The number of nitrogens with zero attached hydrogens (tertiary/aromatic N) is 3. The summed E-state index contributed by atoms with van der Waals surface area (Å²) in [7, 11) is 3.85. The molecule has 112 valence electrons. The molecule has 2 aromatic rings. The highest BCUT2D eigenvalue weighted by atomic mass is 35.5. The summed E-state index contributed by atoms with van der Waals surface area (Å²) < 4.78 is 1.81. The molecule has 21 heavy (non-hydrogen) atoms. The summed E-state index contributed by atoms with van der Waals surface area (Å²) in [6.45, 7) is 2.64. The molecule has 0 aliphatic carbocycles. The minimum Gasteiger partial charge on any atom is -0.384 e. The molecule has 1 heterocycles. The van der Waals surface area contributed by atoms with Crippen LogP contribution in [-0.4, -0.2) is 22.7 Å². The Morgan fingerprint density at radius 3 is 2.67 bits per heavy atom. The van der Waals surface area contributed by atoms with Gasteiger partial charge in [0.05, 0.1) is 23.0 Å². The van der Waals surface area contributed by atoms with Crippen molar-refractivity contribution in [2.45, 2.75) is 19.9 Å². The van der Waals surface area contributed by atoms with Crippen molar-refractivity contribution in [2.75, 3.05) is 11.9 Å². The third-order valence-corrected chi connectivity index (χ3v) is 3.93. The van der Waals surface area contributed by atoms with Gasteiger partial charge in [0, 0.05) is 25.3 Å². The van der Waals surface area contributed by atoms with E-state index >= 15 is 0 Å². The molecule has 0 atom stereocenters. The van der Waals surface area contributed by atoms with Crippen LogP contribution in [0.2, 0.25) is 5.02 Å². The molecular weight excluding hydrogens is 286 g/mol. The molecule has 0 aliphatic heterocycles. The van der Waals surface area contributed by atoms with Crippen LogP contribution in [0.4, 0.5) is 5.69 Å². The Hall–Kier alpha value is -2.01. The quantitative estimate of drug-likeness (QED) is 0.659. The zero-order valence-corrected chi connectivity index (χ0v) is 13.3. The number of anilines is 1. The lowest BCUT2D eigenvalue weighted by Crippen LogP contribution is -2.23. The van der Waals surface area contributed by atoms with Crippen molar-refractivity contribution in [3.05, 3.63) is 46.2 Å². The van der Waals surface area contributed by atoms with Crippen molar-refractivity contribution in [1.29, 1.82) is 5.41 Å². The van der Waals surface area contributed by atoms with Crippen LogP contribution in [0.15, 0.2) is 24.3 Å². The van der Waals surface area contributed by atoms with Crippen molar-refractivity contribution in [3.8, 4) is 0 Å². The molecule has 5 nitrogen and oxygen atoms in total. The van der Waals surface area contributed by atoms with Gasteiger partial charge in [-0.25, -0.2) is 0 Å². The number of aromatic nitrogens is 2. The first kappa shape index (κ1) is 15.4. The van der Waals surface area contributed by atoms with Crippen LogP contribution >= 0.6 is 11.6 Å². The summed E-state index contributed by atoms with van der Waals surface area (Å²) in [5.41, 5.74) is 9.12. The summed E-state index contributed by atoms with van der Waals surface area (Å²) in [6.07, 6.45) is 0.806. The smallest absolute Gasteiger partial charge is 0.124 e.